The summed E-state index contributed by atoms with van der Waals surface area (Å²) in [6.45, 7) is 8.94. The fourth-order valence-corrected chi connectivity index (χ4v) is 3.43. The zero-order chi connectivity index (χ0) is 18.0. The number of aromatic nitrogens is 2. The second-order valence-electron chi connectivity index (χ2n) is 6.77. The Morgan fingerprint density at radius 1 is 1.16 bits per heavy atom. The lowest BCUT2D eigenvalue weighted by Crippen LogP contribution is -2.49. The van der Waals surface area contributed by atoms with Gasteiger partial charge in [0.25, 0.3) is 0 Å². The van der Waals surface area contributed by atoms with Crippen LogP contribution < -0.4 is 4.90 Å². The average molecular weight is 344 g/mol. The second kappa shape index (κ2) is 7.25. The van der Waals surface area contributed by atoms with Crippen LogP contribution in [0.5, 0.6) is 0 Å². The molecule has 0 N–H and O–H groups in total. The van der Waals surface area contributed by atoms with Gasteiger partial charge in [-0.2, -0.15) is 5.10 Å². The van der Waals surface area contributed by atoms with Crippen LogP contribution in [0.15, 0.2) is 30.3 Å². The standard InChI is InChI=1S/C19H25FN4O/c1-14-12-15(2)24(21-14)16(3)13-19(25)23-10-8-22(9-11-23)18-6-4-17(20)5-7-18/h4-7,12,16H,8-11,13H2,1-3H3/t16-/m1/s1. The monoisotopic (exact) mass is 344 g/mol. The van der Waals surface area contributed by atoms with Crippen molar-refractivity contribution in [1.82, 2.24) is 14.7 Å². The smallest absolute Gasteiger partial charge is 0.224 e. The number of piperazine rings is 1. The first-order valence-electron chi connectivity index (χ1n) is 8.75. The average Bonchev–Trinajstić information content (AvgIpc) is 2.94. The number of carbonyl (C=O) groups is 1. The van der Waals surface area contributed by atoms with Gasteiger partial charge >= 0.3 is 0 Å². The van der Waals surface area contributed by atoms with Crippen molar-refractivity contribution in [1.29, 1.82) is 0 Å². The third kappa shape index (κ3) is 4.00. The fraction of sp³-hybridized carbons (Fsp3) is 0.474. The fourth-order valence-electron chi connectivity index (χ4n) is 3.43. The number of carbonyl (C=O) groups excluding carboxylic acids is 1. The minimum atomic E-state index is -0.226. The maximum absolute atomic E-state index is 13.0. The molecule has 1 aliphatic rings. The molecule has 1 atom stereocenters. The molecule has 134 valence electrons. The predicted octanol–water partition coefficient (Wildman–Crippen LogP) is 2.94. The van der Waals surface area contributed by atoms with Crippen LogP contribution in [0.1, 0.15) is 30.8 Å². The van der Waals surface area contributed by atoms with Crippen LogP contribution in [-0.2, 0) is 4.79 Å². The van der Waals surface area contributed by atoms with Gasteiger partial charge in [-0.15, -0.1) is 0 Å². The van der Waals surface area contributed by atoms with Crippen molar-refractivity contribution in [3.8, 4) is 0 Å². The van der Waals surface area contributed by atoms with Crippen molar-refractivity contribution in [2.24, 2.45) is 0 Å². The van der Waals surface area contributed by atoms with Crippen LogP contribution >= 0.6 is 0 Å². The summed E-state index contributed by atoms with van der Waals surface area (Å²) in [6.07, 6.45) is 0.457. The van der Waals surface area contributed by atoms with Crippen molar-refractivity contribution in [3.63, 3.8) is 0 Å². The lowest BCUT2D eigenvalue weighted by molar-refractivity contribution is -0.132. The van der Waals surface area contributed by atoms with Gasteiger partial charge in [0.15, 0.2) is 0 Å². The van der Waals surface area contributed by atoms with Crippen LogP contribution in [0.4, 0.5) is 10.1 Å². The number of hydrogen-bond donors (Lipinski definition) is 0. The Morgan fingerprint density at radius 3 is 2.36 bits per heavy atom. The molecule has 1 aromatic heterocycles. The molecule has 0 aliphatic carbocycles. The van der Waals surface area contributed by atoms with E-state index in [2.05, 4.69) is 10.00 Å². The van der Waals surface area contributed by atoms with Gasteiger partial charge in [-0.05, 0) is 51.1 Å². The maximum Gasteiger partial charge on any atom is 0.224 e. The normalized spacial score (nSPS) is 16.2. The van der Waals surface area contributed by atoms with Gasteiger partial charge in [0.2, 0.25) is 5.91 Å². The first-order chi connectivity index (χ1) is 11.9. The van der Waals surface area contributed by atoms with E-state index in [1.54, 1.807) is 12.1 Å². The van der Waals surface area contributed by atoms with Gasteiger partial charge in [-0.1, -0.05) is 0 Å². The molecule has 1 fully saturated rings. The number of rotatable bonds is 4. The number of hydrogen-bond acceptors (Lipinski definition) is 3. The van der Waals surface area contributed by atoms with E-state index in [1.165, 1.54) is 12.1 Å². The molecule has 0 bridgehead atoms. The highest BCUT2D eigenvalue weighted by Crippen LogP contribution is 2.19. The molecule has 1 amide bonds. The summed E-state index contributed by atoms with van der Waals surface area (Å²) in [5.41, 5.74) is 3.06. The van der Waals surface area contributed by atoms with Crippen molar-refractivity contribution >= 4 is 11.6 Å². The molecule has 25 heavy (non-hydrogen) atoms. The maximum atomic E-state index is 13.0. The van der Waals surface area contributed by atoms with E-state index in [0.717, 1.165) is 30.2 Å². The van der Waals surface area contributed by atoms with E-state index < -0.39 is 0 Å². The second-order valence-corrected chi connectivity index (χ2v) is 6.77. The van der Waals surface area contributed by atoms with Crippen LogP contribution in [0.25, 0.3) is 0 Å². The van der Waals surface area contributed by atoms with Crippen LogP contribution in [0.2, 0.25) is 0 Å². The molecule has 2 heterocycles. The largest absolute Gasteiger partial charge is 0.368 e. The first-order valence-corrected chi connectivity index (χ1v) is 8.75. The van der Waals surface area contributed by atoms with Gasteiger partial charge in [-0.25, -0.2) is 4.39 Å². The van der Waals surface area contributed by atoms with E-state index in [1.807, 2.05) is 36.4 Å². The van der Waals surface area contributed by atoms with Gasteiger partial charge in [0.05, 0.1) is 11.7 Å². The molecule has 6 heteroatoms. The summed E-state index contributed by atoms with van der Waals surface area (Å²) < 4.78 is 15.0. The van der Waals surface area contributed by atoms with Crippen molar-refractivity contribution < 1.29 is 9.18 Å². The topological polar surface area (TPSA) is 41.4 Å². The van der Waals surface area contributed by atoms with Gasteiger partial charge in [0, 0.05) is 44.0 Å². The Morgan fingerprint density at radius 2 is 1.80 bits per heavy atom. The Balaban J connectivity index is 1.54. The van der Waals surface area contributed by atoms with E-state index in [0.29, 0.717) is 19.5 Å². The highest BCUT2D eigenvalue weighted by atomic mass is 19.1. The molecule has 1 aromatic carbocycles. The summed E-state index contributed by atoms with van der Waals surface area (Å²) in [5, 5.41) is 4.47. The molecule has 0 radical (unpaired) electrons. The lowest BCUT2D eigenvalue weighted by atomic mass is 10.2. The molecule has 5 nitrogen and oxygen atoms in total. The van der Waals surface area contributed by atoms with Crippen molar-refractivity contribution in [3.05, 3.63) is 47.5 Å². The van der Waals surface area contributed by atoms with Gasteiger partial charge < -0.3 is 9.80 Å². The zero-order valence-electron chi connectivity index (χ0n) is 15.1. The molecule has 2 aromatic rings. The summed E-state index contributed by atoms with van der Waals surface area (Å²) in [5.74, 6) is -0.0606. The molecule has 3 rings (SSSR count). The molecular formula is C19H25FN4O. The number of aryl methyl sites for hydroxylation is 2. The molecule has 0 saturated carbocycles. The Hall–Kier alpha value is -2.37. The number of amides is 1. The molecule has 1 saturated heterocycles. The molecular weight excluding hydrogens is 319 g/mol. The van der Waals surface area contributed by atoms with Crippen LogP contribution in [-0.4, -0.2) is 46.8 Å². The van der Waals surface area contributed by atoms with E-state index in [9.17, 15) is 9.18 Å². The predicted molar refractivity (Wildman–Crippen MR) is 96.2 cm³/mol. The minimum Gasteiger partial charge on any atom is -0.368 e. The third-order valence-corrected chi connectivity index (χ3v) is 4.76. The quantitative estimate of drug-likeness (QED) is 0.856. The van der Waals surface area contributed by atoms with Crippen LogP contribution in [0, 0.1) is 19.7 Å². The summed E-state index contributed by atoms with van der Waals surface area (Å²) in [6, 6.07) is 8.61. The molecule has 0 spiro atoms. The van der Waals surface area contributed by atoms with E-state index >= 15 is 0 Å². The minimum absolute atomic E-state index is 0.0522. The highest BCUT2D eigenvalue weighted by Gasteiger charge is 2.23. The first kappa shape index (κ1) is 17.5. The Bertz CT molecular complexity index is 732. The molecule has 0 unspecified atom stereocenters. The van der Waals surface area contributed by atoms with E-state index in [-0.39, 0.29) is 17.8 Å². The van der Waals surface area contributed by atoms with Gasteiger partial charge in [0.1, 0.15) is 5.82 Å². The Labute approximate surface area is 148 Å². The highest BCUT2D eigenvalue weighted by molar-refractivity contribution is 5.77. The number of nitrogens with zero attached hydrogens (tertiary/aromatic N) is 4. The van der Waals surface area contributed by atoms with Crippen molar-refractivity contribution in [2.45, 2.75) is 33.2 Å². The van der Waals surface area contributed by atoms with Gasteiger partial charge in [-0.3, -0.25) is 9.48 Å². The van der Waals surface area contributed by atoms with E-state index in [4.69, 9.17) is 0 Å². The number of halogens is 1. The number of anilines is 1. The molecule has 1 aliphatic heterocycles. The third-order valence-electron chi connectivity index (χ3n) is 4.76. The lowest BCUT2D eigenvalue weighted by Gasteiger charge is -2.36. The van der Waals surface area contributed by atoms with Crippen molar-refractivity contribution in [2.75, 3.05) is 31.1 Å². The van der Waals surface area contributed by atoms with Crippen LogP contribution in [0.3, 0.4) is 0 Å². The summed E-state index contributed by atoms with van der Waals surface area (Å²) in [7, 11) is 0. The zero-order valence-corrected chi connectivity index (χ0v) is 15.1. The number of benzene rings is 1. The SMILES string of the molecule is Cc1cc(C)n([C@H](C)CC(=O)N2CCN(c3ccc(F)cc3)CC2)n1. The summed E-state index contributed by atoms with van der Waals surface area (Å²) in [4.78, 5) is 16.7. The summed E-state index contributed by atoms with van der Waals surface area (Å²) >= 11 is 0. The Kier molecular flexibility index (Phi) is 5.06.